The van der Waals surface area contributed by atoms with Crippen LogP contribution in [-0.2, 0) is 9.84 Å². The highest BCUT2D eigenvalue weighted by Gasteiger charge is 2.26. The van der Waals surface area contributed by atoms with E-state index >= 15 is 0 Å². The number of amides is 1. The van der Waals surface area contributed by atoms with E-state index in [2.05, 4.69) is 13.8 Å². The Bertz CT molecular complexity index is 834. The van der Waals surface area contributed by atoms with Gasteiger partial charge in [0.1, 0.15) is 0 Å². The van der Waals surface area contributed by atoms with E-state index in [-0.39, 0.29) is 15.7 Å². The first-order valence-corrected chi connectivity index (χ1v) is 10.1. The molecular weight excluding hydrogens is 334 g/mol. The minimum atomic E-state index is -3.55. The molecule has 1 aliphatic rings. The summed E-state index contributed by atoms with van der Waals surface area (Å²) in [4.78, 5) is 15.0. The molecule has 132 valence electrons. The van der Waals surface area contributed by atoms with Crippen LogP contribution in [0.2, 0.25) is 0 Å². The molecule has 1 aliphatic heterocycles. The van der Waals surface area contributed by atoms with Crippen LogP contribution in [0.25, 0.3) is 0 Å². The molecule has 0 saturated carbocycles. The molecule has 1 heterocycles. The Kier molecular flexibility index (Phi) is 4.95. The summed E-state index contributed by atoms with van der Waals surface area (Å²) in [6.07, 6.45) is 1.14. The second-order valence-electron chi connectivity index (χ2n) is 7.00. The Labute approximate surface area is 149 Å². The lowest BCUT2D eigenvalue weighted by molar-refractivity contribution is 0.0623. The molecule has 3 rings (SSSR count). The second kappa shape index (κ2) is 7.00. The summed E-state index contributed by atoms with van der Waals surface area (Å²) in [6.45, 7) is 5.83. The maximum absolute atomic E-state index is 12.7. The van der Waals surface area contributed by atoms with E-state index in [4.69, 9.17) is 0 Å². The van der Waals surface area contributed by atoms with Crippen LogP contribution >= 0.6 is 0 Å². The van der Waals surface area contributed by atoms with Crippen molar-refractivity contribution in [3.05, 3.63) is 60.2 Å². The molecule has 5 heteroatoms. The van der Waals surface area contributed by atoms with Crippen LogP contribution in [0.1, 0.15) is 30.6 Å². The van der Waals surface area contributed by atoms with Crippen molar-refractivity contribution in [2.75, 3.05) is 13.1 Å². The zero-order chi connectivity index (χ0) is 18.0. The van der Waals surface area contributed by atoms with E-state index in [1.54, 1.807) is 42.5 Å². The topological polar surface area (TPSA) is 54.5 Å². The van der Waals surface area contributed by atoms with E-state index in [0.29, 0.717) is 17.4 Å². The van der Waals surface area contributed by atoms with Gasteiger partial charge in [-0.3, -0.25) is 4.79 Å². The van der Waals surface area contributed by atoms with E-state index in [9.17, 15) is 13.2 Å². The van der Waals surface area contributed by atoms with Crippen molar-refractivity contribution in [3.63, 3.8) is 0 Å². The number of nitrogens with zero attached hydrogens (tertiary/aromatic N) is 1. The van der Waals surface area contributed by atoms with Crippen molar-refractivity contribution in [2.24, 2.45) is 11.8 Å². The standard InChI is InChI=1S/C20H23NO3S/c1-15-12-16(2)14-21(13-15)20(22)17-8-10-19(11-9-17)25(23,24)18-6-4-3-5-7-18/h3-11,15-16H,12-14H2,1-2H3/t15-,16-/m1/s1. The van der Waals surface area contributed by atoms with Gasteiger partial charge in [-0.05, 0) is 54.7 Å². The third kappa shape index (κ3) is 3.76. The fourth-order valence-electron chi connectivity index (χ4n) is 3.52. The van der Waals surface area contributed by atoms with Gasteiger partial charge in [-0.2, -0.15) is 0 Å². The maximum Gasteiger partial charge on any atom is 0.253 e. The van der Waals surface area contributed by atoms with E-state index in [0.717, 1.165) is 19.5 Å². The Morgan fingerprint density at radius 2 is 1.40 bits per heavy atom. The zero-order valence-electron chi connectivity index (χ0n) is 14.6. The average molecular weight is 357 g/mol. The SMILES string of the molecule is C[C@@H]1C[C@@H](C)CN(C(=O)c2ccc(S(=O)(=O)c3ccccc3)cc2)C1. The molecular formula is C20H23NO3S. The summed E-state index contributed by atoms with van der Waals surface area (Å²) < 4.78 is 25.2. The van der Waals surface area contributed by atoms with Gasteiger partial charge in [0, 0.05) is 18.7 Å². The fourth-order valence-corrected chi connectivity index (χ4v) is 4.81. The molecule has 0 unspecified atom stereocenters. The Balaban J connectivity index is 1.82. The third-order valence-electron chi connectivity index (χ3n) is 4.62. The molecule has 0 aliphatic carbocycles. The quantitative estimate of drug-likeness (QED) is 0.843. The molecule has 0 radical (unpaired) electrons. The Morgan fingerprint density at radius 1 is 0.880 bits per heavy atom. The summed E-state index contributed by atoms with van der Waals surface area (Å²) in [7, 11) is -3.55. The highest BCUT2D eigenvalue weighted by molar-refractivity contribution is 7.91. The number of carbonyl (C=O) groups excluding carboxylic acids is 1. The molecule has 1 amide bonds. The monoisotopic (exact) mass is 357 g/mol. The maximum atomic E-state index is 12.7. The number of hydrogen-bond donors (Lipinski definition) is 0. The van der Waals surface area contributed by atoms with E-state index in [1.165, 1.54) is 12.1 Å². The molecule has 0 aromatic heterocycles. The summed E-state index contributed by atoms with van der Waals surface area (Å²) in [6, 6.07) is 14.6. The van der Waals surface area contributed by atoms with Crippen LogP contribution in [-0.4, -0.2) is 32.3 Å². The van der Waals surface area contributed by atoms with Gasteiger partial charge in [0.25, 0.3) is 5.91 Å². The van der Waals surface area contributed by atoms with E-state index in [1.807, 2.05) is 4.90 Å². The van der Waals surface area contributed by atoms with Gasteiger partial charge in [-0.15, -0.1) is 0 Å². The molecule has 4 nitrogen and oxygen atoms in total. The molecule has 0 bridgehead atoms. The average Bonchev–Trinajstić information content (AvgIpc) is 2.61. The lowest BCUT2D eigenvalue weighted by Gasteiger charge is -2.35. The van der Waals surface area contributed by atoms with E-state index < -0.39 is 9.84 Å². The Hall–Kier alpha value is -2.14. The summed E-state index contributed by atoms with van der Waals surface area (Å²) in [5, 5.41) is 0. The van der Waals surface area contributed by atoms with Crippen LogP contribution in [0.15, 0.2) is 64.4 Å². The lowest BCUT2D eigenvalue weighted by Crippen LogP contribution is -2.42. The van der Waals surface area contributed by atoms with Crippen molar-refractivity contribution in [2.45, 2.75) is 30.1 Å². The van der Waals surface area contributed by atoms with Gasteiger partial charge in [0.15, 0.2) is 0 Å². The summed E-state index contributed by atoms with van der Waals surface area (Å²) >= 11 is 0. The summed E-state index contributed by atoms with van der Waals surface area (Å²) in [5.41, 5.74) is 0.535. The van der Waals surface area contributed by atoms with Crippen molar-refractivity contribution >= 4 is 15.7 Å². The highest BCUT2D eigenvalue weighted by atomic mass is 32.2. The predicted octanol–water partition coefficient (Wildman–Crippen LogP) is 3.64. The highest BCUT2D eigenvalue weighted by Crippen LogP contribution is 2.24. The smallest absolute Gasteiger partial charge is 0.253 e. The van der Waals surface area contributed by atoms with Gasteiger partial charge in [-0.25, -0.2) is 8.42 Å². The second-order valence-corrected chi connectivity index (χ2v) is 8.95. The van der Waals surface area contributed by atoms with Crippen molar-refractivity contribution in [3.8, 4) is 0 Å². The minimum Gasteiger partial charge on any atom is -0.338 e. The van der Waals surface area contributed by atoms with Crippen LogP contribution in [0, 0.1) is 11.8 Å². The van der Waals surface area contributed by atoms with Gasteiger partial charge in [0.2, 0.25) is 9.84 Å². The van der Waals surface area contributed by atoms with Crippen LogP contribution in [0.5, 0.6) is 0 Å². The summed E-state index contributed by atoms with van der Waals surface area (Å²) in [5.74, 6) is 0.956. The molecule has 1 fully saturated rings. The molecule has 25 heavy (non-hydrogen) atoms. The van der Waals surface area contributed by atoms with Gasteiger partial charge < -0.3 is 4.90 Å². The van der Waals surface area contributed by atoms with Crippen molar-refractivity contribution in [1.82, 2.24) is 4.90 Å². The normalized spacial score (nSPS) is 21.1. The van der Waals surface area contributed by atoms with Crippen LogP contribution < -0.4 is 0 Å². The zero-order valence-corrected chi connectivity index (χ0v) is 15.4. The number of carbonyl (C=O) groups is 1. The van der Waals surface area contributed by atoms with Gasteiger partial charge in [0.05, 0.1) is 9.79 Å². The number of rotatable bonds is 3. The number of sulfone groups is 1. The van der Waals surface area contributed by atoms with Crippen molar-refractivity contribution < 1.29 is 13.2 Å². The largest absolute Gasteiger partial charge is 0.338 e. The number of likely N-dealkylation sites (tertiary alicyclic amines) is 1. The molecule has 2 aromatic carbocycles. The molecule has 1 saturated heterocycles. The first-order chi connectivity index (χ1) is 11.9. The third-order valence-corrected chi connectivity index (χ3v) is 6.41. The number of piperidine rings is 1. The van der Waals surface area contributed by atoms with Gasteiger partial charge in [-0.1, -0.05) is 32.0 Å². The molecule has 0 spiro atoms. The first-order valence-electron chi connectivity index (χ1n) is 8.57. The molecule has 2 aromatic rings. The predicted molar refractivity (Wildman–Crippen MR) is 97.2 cm³/mol. The lowest BCUT2D eigenvalue weighted by atomic mass is 9.91. The van der Waals surface area contributed by atoms with Gasteiger partial charge >= 0.3 is 0 Å². The van der Waals surface area contributed by atoms with Crippen LogP contribution in [0.3, 0.4) is 0 Å². The van der Waals surface area contributed by atoms with Crippen molar-refractivity contribution in [1.29, 1.82) is 0 Å². The number of hydrogen-bond acceptors (Lipinski definition) is 3. The minimum absolute atomic E-state index is 0.0259. The molecule has 2 atom stereocenters. The fraction of sp³-hybridized carbons (Fsp3) is 0.350. The first kappa shape index (κ1) is 17.7. The Morgan fingerprint density at radius 3 is 1.96 bits per heavy atom. The molecule has 0 N–H and O–H groups in total. The van der Waals surface area contributed by atoms with Crippen LogP contribution in [0.4, 0.5) is 0 Å². The number of benzene rings is 2.